The highest BCUT2D eigenvalue weighted by Gasteiger charge is 2.21. The minimum atomic E-state index is 0.935. The Balaban J connectivity index is 1.43. The number of rotatable bonds is 13. The van der Waals surface area contributed by atoms with Gasteiger partial charge in [-0.3, -0.25) is 4.98 Å². The van der Waals surface area contributed by atoms with Crippen LogP contribution in [0.5, 0.6) is 0 Å². The molecule has 0 aliphatic heterocycles. The quantitative estimate of drug-likeness (QED) is 0.295. The summed E-state index contributed by atoms with van der Waals surface area (Å²) in [5.74, 6) is 1.94. The van der Waals surface area contributed by atoms with Crippen molar-refractivity contribution in [1.29, 1.82) is 0 Å². The Bertz CT molecular complexity index is 715. The summed E-state index contributed by atoms with van der Waals surface area (Å²) in [6, 6.07) is 13.6. The first kappa shape index (κ1) is 24.0. The molecule has 0 N–H and O–H groups in total. The highest BCUT2D eigenvalue weighted by molar-refractivity contribution is 5.59. The van der Waals surface area contributed by atoms with Crippen LogP contribution in [0.2, 0.25) is 0 Å². The molecule has 1 heteroatoms. The van der Waals surface area contributed by atoms with E-state index in [4.69, 9.17) is 4.98 Å². The number of aryl methyl sites for hydroxylation is 2. The third kappa shape index (κ3) is 8.43. The molecule has 1 aliphatic carbocycles. The fourth-order valence-electron chi connectivity index (χ4n) is 5.32. The van der Waals surface area contributed by atoms with Crippen molar-refractivity contribution in [3.05, 3.63) is 53.7 Å². The minimum Gasteiger partial charge on any atom is -0.256 e. The van der Waals surface area contributed by atoms with Crippen LogP contribution in [0.25, 0.3) is 11.3 Å². The first-order valence-corrected chi connectivity index (χ1v) is 13.3. The van der Waals surface area contributed by atoms with Gasteiger partial charge in [-0.1, -0.05) is 108 Å². The fourth-order valence-corrected chi connectivity index (χ4v) is 5.32. The Kier molecular flexibility index (Phi) is 10.6. The van der Waals surface area contributed by atoms with Gasteiger partial charge in [-0.25, -0.2) is 0 Å². The Morgan fingerprint density at radius 2 is 1.42 bits per heavy atom. The van der Waals surface area contributed by atoms with Crippen molar-refractivity contribution in [2.24, 2.45) is 11.8 Å². The smallest absolute Gasteiger partial charge is 0.0702 e. The molecule has 1 aromatic heterocycles. The van der Waals surface area contributed by atoms with Crippen molar-refractivity contribution in [2.45, 2.75) is 110 Å². The monoisotopic (exact) mass is 419 g/mol. The summed E-state index contributed by atoms with van der Waals surface area (Å²) >= 11 is 0. The van der Waals surface area contributed by atoms with Crippen LogP contribution in [-0.4, -0.2) is 4.98 Å². The van der Waals surface area contributed by atoms with Crippen LogP contribution in [-0.2, 0) is 12.8 Å². The summed E-state index contributed by atoms with van der Waals surface area (Å²) in [6.45, 7) is 4.58. The normalized spacial score (nSPS) is 18.9. The minimum absolute atomic E-state index is 0.935. The molecule has 1 aliphatic rings. The Morgan fingerprint density at radius 3 is 2.13 bits per heavy atom. The summed E-state index contributed by atoms with van der Waals surface area (Å²) in [5, 5.41) is 0. The van der Waals surface area contributed by atoms with Gasteiger partial charge in [0.2, 0.25) is 0 Å². The van der Waals surface area contributed by atoms with Gasteiger partial charge in [0.15, 0.2) is 0 Å². The molecule has 1 nitrogen and oxygen atoms in total. The van der Waals surface area contributed by atoms with E-state index in [1.54, 1.807) is 0 Å². The highest BCUT2D eigenvalue weighted by atomic mass is 14.7. The zero-order valence-electron chi connectivity index (χ0n) is 20.2. The molecule has 0 spiro atoms. The van der Waals surface area contributed by atoms with Crippen molar-refractivity contribution in [3.63, 3.8) is 0 Å². The van der Waals surface area contributed by atoms with Crippen LogP contribution in [0.3, 0.4) is 0 Å². The first-order chi connectivity index (χ1) is 15.3. The van der Waals surface area contributed by atoms with Gasteiger partial charge >= 0.3 is 0 Å². The van der Waals surface area contributed by atoms with Gasteiger partial charge in [0, 0.05) is 11.8 Å². The van der Waals surface area contributed by atoms with E-state index in [-0.39, 0.29) is 0 Å². The van der Waals surface area contributed by atoms with Crippen LogP contribution < -0.4 is 0 Å². The summed E-state index contributed by atoms with van der Waals surface area (Å²) in [5.41, 5.74) is 5.21. The van der Waals surface area contributed by atoms with E-state index in [2.05, 4.69) is 56.4 Å². The van der Waals surface area contributed by atoms with Crippen LogP contribution >= 0.6 is 0 Å². The number of nitrogens with zero attached hydrogens (tertiary/aromatic N) is 1. The molecule has 0 saturated heterocycles. The Hall–Kier alpha value is -1.63. The summed E-state index contributed by atoms with van der Waals surface area (Å²) in [7, 11) is 0. The molecule has 3 rings (SSSR count). The first-order valence-electron chi connectivity index (χ1n) is 13.3. The number of aromatic nitrogens is 1. The van der Waals surface area contributed by atoms with E-state index in [1.165, 1.54) is 113 Å². The van der Waals surface area contributed by atoms with Crippen molar-refractivity contribution < 1.29 is 0 Å². The van der Waals surface area contributed by atoms with Crippen LogP contribution in [0.1, 0.15) is 108 Å². The van der Waals surface area contributed by atoms with Gasteiger partial charge in [-0.2, -0.15) is 0 Å². The third-order valence-corrected chi connectivity index (χ3v) is 7.34. The number of hydrogen-bond donors (Lipinski definition) is 0. The molecule has 2 aromatic rings. The predicted octanol–water partition coefficient (Wildman–Crippen LogP) is 9.19. The maximum absolute atomic E-state index is 4.79. The summed E-state index contributed by atoms with van der Waals surface area (Å²) in [6.07, 6.45) is 22.7. The molecule has 2 atom stereocenters. The highest BCUT2D eigenvalue weighted by Crippen LogP contribution is 2.34. The molecule has 31 heavy (non-hydrogen) atoms. The van der Waals surface area contributed by atoms with Crippen molar-refractivity contribution >= 4 is 0 Å². The second-order valence-electron chi connectivity index (χ2n) is 9.99. The predicted molar refractivity (Wildman–Crippen MR) is 135 cm³/mol. The van der Waals surface area contributed by atoms with Gasteiger partial charge in [0.25, 0.3) is 0 Å². The van der Waals surface area contributed by atoms with Crippen LogP contribution in [0.4, 0.5) is 0 Å². The second-order valence-corrected chi connectivity index (χ2v) is 9.99. The van der Waals surface area contributed by atoms with Gasteiger partial charge in [0.1, 0.15) is 0 Å². The van der Waals surface area contributed by atoms with Gasteiger partial charge < -0.3 is 0 Å². The van der Waals surface area contributed by atoms with Crippen molar-refractivity contribution in [3.8, 4) is 11.3 Å². The lowest BCUT2D eigenvalue weighted by atomic mass is 9.77. The molecule has 2 unspecified atom stereocenters. The van der Waals surface area contributed by atoms with E-state index in [9.17, 15) is 0 Å². The lowest BCUT2D eigenvalue weighted by Crippen LogP contribution is -2.16. The van der Waals surface area contributed by atoms with Gasteiger partial charge in [-0.05, 0) is 61.1 Å². The standard InChI is InChI=1S/C30H45N/c1-3-5-7-9-11-25-17-20-29(21-18-25)30-22-19-28(24-31-30)16-15-27-14-10-13-26(23-27)12-8-6-4-2/h17-22,24,26-27H,3-16,23H2,1-2H3. The summed E-state index contributed by atoms with van der Waals surface area (Å²) in [4.78, 5) is 4.79. The lowest BCUT2D eigenvalue weighted by Gasteiger charge is -2.29. The molecule has 1 fully saturated rings. The van der Waals surface area contributed by atoms with Gasteiger partial charge in [-0.15, -0.1) is 0 Å². The molecule has 0 bridgehead atoms. The molecule has 0 amide bonds. The fraction of sp³-hybridized carbons (Fsp3) is 0.633. The maximum Gasteiger partial charge on any atom is 0.0702 e. The molecule has 1 aromatic carbocycles. The summed E-state index contributed by atoms with van der Waals surface area (Å²) < 4.78 is 0. The Morgan fingerprint density at radius 1 is 0.710 bits per heavy atom. The van der Waals surface area contributed by atoms with Crippen LogP contribution in [0.15, 0.2) is 42.6 Å². The van der Waals surface area contributed by atoms with E-state index >= 15 is 0 Å². The van der Waals surface area contributed by atoms with E-state index in [0.717, 1.165) is 17.5 Å². The number of pyridine rings is 1. The molecular weight excluding hydrogens is 374 g/mol. The van der Waals surface area contributed by atoms with E-state index < -0.39 is 0 Å². The van der Waals surface area contributed by atoms with Gasteiger partial charge in [0.05, 0.1) is 5.69 Å². The Labute approximate surface area is 192 Å². The SMILES string of the molecule is CCCCCCc1ccc(-c2ccc(CCC3CCCC(CCCCC)C3)cn2)cc1. The zero-order valence-corrected chi connectivity index (χ0v) is 20.2. The van der Waals surface area contributed by atoms with E-state index in [0.29, 0.717) is 0 Å². The van der Waals surface area contributed by atoms with E-state index in [1.807, 2.05) is 0 Å². The second kappa shape index (κ2) is 13.7. The topological polar surface area (TPSA) is 12.9 Å². The van der Waals surface area contributed by atoms with Crippen LogP contribution in [0, 0.1) is 11.8 Å². The molecule has 170 valence electrons. The largest absolute Gasteiger partial charge is 0.256 e. The van der Waals surface area contributed by atoms with Crippen molar-refractivity contribution in [1.82, 2.24) is 4.98 Å². The number of unbranched alkanes of at least 4 members (excludes halogenated alkanes) is 5. The third-order valence-electron chi connectivity index (χ3n) is 7.34. The lowest BCUT2D eigenvalue weighted by molar-refractivity contribution is 0.240. The van der Waals surface area contributed by atoms with Crippen molar-refractivity contribution in [2.75, 3.05) is 0 Å². The number of benzene rings is 1. The molecule has 0 radical (unpaired) electrons. The molecular formula is C30H45N. The average Bonchev–Trinajstić information content (AvgIpc) is 2.82. The number of hydrogen-bond acceptors (Lipinski definition) is 1. The zero-order chi connectivity index (χ0) is 21.7. The maximum atomic E-state index is 4.79. The molecule has 1 heterocycles. The average molecular weight is 420 g/mol. The molecule has 1 saturated carbocycles.